The molecule has 0 bridgehead atoms. The highest BCUT2D eigenvalue weighted by atomic mass is 16.5. The minimum atomic E-state index is -0.350. The number of hydrogen-bond donors (Lipinski definition) is 2. The predicted molar refractivity (Wildman–Crippen MR) is 120 cm³/mol. The van der Waals surface area contributed by atoms with Crippen LogP contribution in [-0.4, -0.2) is 17.3 Å². The molecule has 2 N–H and O–H groups in total. The van der Waals surface area contributed by atoms with Crippen LogP contribution in [0.25, 0.3) is 5.57 Å². The first-order valence-corrected chi connectivity index (χ1v) is 10.3. The van der Waals surface area contributed by atoms with Crippen molar-refractivity contribution in [3.63, 3.8) is 0 Å². The summed E-state index contributed by atoms with van der Waals surface area (Å²) < 4.78 is 5.77. The Kier molecular flexibility index (Phi) is 7.31. The molecule has 1 aliphatic heterocycles. The minimum Gasteiger partial charge on any atom is -0.498 e. The lowest BCUT2D eigenvalue weighted by Gasteiger charge is -2.22. The zero-order valence-electron chi connectivity index (χ0n) is 17.5. The van der Waals surface area contributed by atoms with E-state index in [2.05, 4.69) is 79.1 Å². The van der Waals surface area contributed by atoms with E-state index in [1.165, 1.54) is 22.3 Å². The second-order valence-electron chi connectivity index (χ2n) is 7.84. The Bertz CT molecular complexity index is 881. The van der Waals surface area contributed by atoms with Crippen molar-refractivity contribution in [2.45, 2.75) is 51.9 Å². The van der Waals surface area contributed by atoms with Crippen LogP contribution < -0.4 is 5.32 Å². The van der Waals surface area contributed by atoms with Gasteiger partial charge in [-0.15, -0.1) is 0 Å². The first-order chi connectivity index (χ1) is 14.0. The molecule has 0 fully saturated rings. The van der Waals surface area contributed by atoms with E-state index >= 15 is 0 Å². The lowest BCUT2D eigenvalue weighted by molar-refractivity contribution is 0.0867. The fourth-order valence-electron chi connectivity index (χ4n) is 3.60. The van der Waals surface area contributed by atoms with Gasteiger partial charge in [0, 0.05) is 12.6 Å². The van der Waals surface area contributed by atoms with Crippen molar-refractivity contribution in [1.29, 1.82) is 0 Å². The monoisotopic (exact) mass is 389 g/mol. The van der Waals surface area contributed by atoms with E-state index in [0.717, 1.165) is 12.0 Å². The summed E-state index contributed by atoms with van der Waals surface area (Å²) in [4.78, 5) is 0. The van der Waals surface area contributed by atoms with Gasteiger partial charge in [0.25, 0.3) is 0 Å². The van der Waals surface area contributed by atoms with Gasteiger partial charge in [-0.25, -0.2) is 0 Å². The number of nitrogens with one attached hydrogen (secondary N) is 1. The van der Waals surface area contributed by atoms with Gasteiger partial charge in [0.05, 0.1) is 24.5 Å². The van der Waals surface area contributed by atoms with Crippen molar-refractivity contribution < 1.29 is 9.84 Å². The summed E-state index contributed by atoms with van der Waals surface area (Å²) in [6.45, 7) is 5.86. The van der Waals surface area contributed by atoms with Crippen LogP contribution in [-0.2, 0) is 11.2 Å². The molecular weight excluding hydrogens is 358 g/mol. The van der Waals surface area contributed by atoms with Gasteiger partial charge in [-0.3, -0.25) is 0 Å². The molecule has 3 rings (SSSR count). The summed E-state index contributed by atoms with van der Waals surface area (Å²) >= 11 is 0. The van der Waals surface area contributed by atoms with Crippen molar-refractivity contribution in [3.05, 3.63) is 101 Å². The zero-order valence-corrected chi connectivity index (χ0v) is 17.5. The van der Waals surface area contributed by atoms with E-state index in [4.69, 9.17) is 4.74 Å². The second kappa shape index (κ2) is 10.1. The SMILES string of the molecule is C/C(=C\OC(C)CC(C)O)Cc1ccccc1C1C=CC(c2ccccc2)=CN1. The molecule has 0 spiro atoms. The van der Waals surface area contributed by atoms with Crippen LogP contribution in [0, 0.1) is 0 Å². The van der Waals surface area contributed by atoms with Gasteiger partial charge >= 0.3 is 0 Å². The maximum absolute atomic E-state index is 9.48. The summed E-state index contributed by atoms with van der Waals surface area (Å²) in [5.41, 5.74) is 6.12. The van der Waals surface area contributed by atoms with E-state index < -0.39 is 0 Å². The summed E-state index contributed by atoms with van der Waals surface area (Å²) in [5, 5.41) is 13.0. The van der Waals surface area contributed by atoms with Gasteiger partial charge in [0.1, 0.15) is 0 Å². The molecule has 0 saturated carbocycles. The summed E-state index contributed by atoms with van der Waals surface area (Å²) in [5.74, 6) is 0. The van der Waals surface area contributed by atoms with Crippen molar-refractivity contribution in [3.8, 4) is 0 Å². The minimum absolute atomic E-state index is 0.00434. The molecule has 0 amide bonds. The van der Waals surface area contributed by atoms with Gasteiger partial charge < -0.3 is 15.2 Å². The van der Waals surface area contributed by atoms with Crippen LogP contribution in [0.15, 0.2) is 84.8 Å². The fraction of sp³-hybridized carbons (Fsp3) is 0.308. The molecule has 3 unspecified atom stereocenters. The summed E-state index contributed by atoms with van der Waals surface area (Å²) in [7, 11) is 0. The number of hydrogen-bond acceptors (Lipinski definition) is 3. The number of dihydropyridines is 1. The van der Waals surface area contributed by atoms with Crippen LogP contribution in [0.5, 0.6) is 0 Å². The van der Waals surface area contributed by atoms with Gasteiger partial charge in [-0.05, 0) is 55.0 Å². The van der Waals surface area contributed by atoms with Gasteiger partial charge in [-0.1, -0.05) is 66.7 Å². The molecule has 2 aromatic carbocycles. The molecule has 1 heterocycles. The Balaban J connectivity index is 1.67. The topological polar surface area (TPSA) is 41.5 Å². The van der Waals surface area contributed by atoms with E-state index in [0.29, 0.717) is 6.42 Å². The highest BCUT2D eigenvalue weighted by Gasteiger charge is 2.15. The van der Waals surface area contributed by atoms with E-state index in [-0.39, 0.29) is 18.2 Å². The quantitative estimate of drug-likeness (QED) is 0.582. The Morgan fingerprint density at radius 2 is 1.83 bits per heavy atom. The highest BCUT2D eigenvalue weighted by molar-refractivity contribution is 5.74. The number of benzene rings is 2. The third-order valence-electron chi connectivity index (χ3n) is 5.03. The van der Waals surface area contributed by atoms with Crippen LogP contribution in [0.4, 0.5) is 0 Å². The number of aliphatic hydroxyl groups is 1. The molecule has 3 heteroatoms. The molecule has 3 atom stereocenters. The average Bonchev–Trinajstić information content (AvgIpc) is 2.73. The molecule has 29 heavy (non-hydrogen) atoms. The van der Waals surface area contributed by atoms with Gasteiger partial charge in [0.2, 0.25) is 0 Å². The molecule has 0 aliphatic carbocycles. The summed E-state index contributed by atoms with van der Waals surface area (Å²) in [6.07, 6.45) is 9.47. The van der Waals surface area contributed by atoms with E-state index in [1.807, 2.05) is 19.3 Å². The second-order valence-corrected chi connectivity index (χ2v) is 7.84. The van der Waals surface area contributed by atoms with E-state index in [1.54, 1.807) is 6.92 Å². The Hall–Kier alpha value is -2.78. The van der Waals surface area contributed by atoms with Crippen LogP contribution in [0.2, 0.25) is 0 Å². The fourth-order valence-corrected chi connectivity index (χ4v) is 3.60. The van der Waals surface area contributed by atoms with Crippen molar-refractivity contribution in [2.24, 2.45) is 0 Å². The molecule has 2 aromatic rings. The standard InChI is InChI=1S/C26H31NO2/c1-19(18-29-21(3)16-20(2)28)15-23-11-7-8-12-25(23)26-14-13-24(17-27-26)22-9-5-4-6-10-22/h4-14,17-18,20-21,26-28H,15-16H2,1-3H3/b19-18+. The first kappa shape index (κ1) is 20.9. The number of rotatable bonds is 8. The molecular formula is C26H31NO2. The normalized spacial score (nSPS) is 18.6. The average molecular weight is 390 g/mol. The third kappa shape index (κ3) is 6.10. The molecule has 3 nitrogen and oxygen atoms in total. The maximum atomic E-state index is 9.48. The molecule has 1 aliphatic rings. The van der Waals surface area contributed by atoms with Crippen LogP contribution in [0.3, 0.4) is 0 Å². The number of allylic oxidation sites excluding steroid dienone is 3. The van der Waals surface area contributed by atoms with E-state index in [9.17, 15) is 5.11 Å². The lowest BCUT2D eigenvalue weighted by atomic mass is 9.93. The molecule has 0 aromatic heterocycles. The Labute approximate surface area is 174 Å². The van der Waals surface area contributed by atoms with Crippen molar-refractivity contribution >= 4 is 5.57 Å². The predicted octanol–water partition coefficient (Wildman–Crippen LogP) is 5.55. The van der Waals surface area contributed by atoms with Gasteiger partial charge in [-0.2, -0.15) is 0 Å². The highest BCUT2D eigenvalue weighted by Crippen LogP contribution is 2.27. The van der Waals surface area contributed by atoms with Gasteiger partial charge in [0.15, 0.2) is 0 Å². The maximum Gasteiger partial charge on any atom is 0.0974 e. The summed E-state index contributed by atoms with van der Waals surface area (Å²) in [6, 6.07) is 19.1. The smallest absolute Gasteiger partial charge is 0.0974 e. The third-order valence-corrected chi connectivity index (χ3v) is 5.03. The van der Waals surface area contributed by atoms with Crippen molar-refractivity contribution in [1.82, 2.24) is 5.32 Å². The first-order valence-electron chi connectivity index (χ1n) is 10.3. The molecule has 0 saturated heterocycles. The number of aliphatic hydroxyl groups excluding tert-OH is 1. The molecule has 152 valence electrons. The van der Waals surface area contributed by atoms with Crippen molar-refractivity contribution in [2.75, 3.05) is 0 Å². The Morgan fingerprint density at radius 3 is 2.52 bits per heavy atom. The van der Waals surface area contributed by atoms with Crippen LogP contribution >= 0.6 is 0 Å². The number of ether oxygens (including phenoxy) is 1. The zero-order chi connectivity index (χ0) is 20.6. The molecule has 0 radical (unpaired) electrons. The largest absolute Gasteiger partial charge is 0.498 e. The Morgan fingerprint density at radius 1 is 1.10 bits per heavy atom. The lowest BCUT2D eigenvalue weighted by Crippen LogP contribution is -2.18. The van der Waals surface area contributed by atoms with Crippen LogP contribution in [0.1, 0.15) is 49.9 Å².